The number of hydrogen-bond donors (Lipinski definition) is 1. The minimum atomic E-state index is -0.198. The van der Waals surface area contributed by atoms with Gasteiger partial charge < -0.3 is 19.5 Å². The molecule has 7 heteroatoms. The smallest absolute Gasteiger partial charge is 0.251 e. The maximum Gasteiger partial charge on any atom is 0.251 e. The lowest BCUT2D eigenvalue weighted by atomic mass is 10.0. The maximum absolute atomic E-state index is 12.9. The van der Waals surface area contributed by atoms with Crippen LogP contribution in [0.2, 0.25) is 5.02 Å². The molecule has 6 nitrogen and oxygen atoms in total. The summed E-state index contributed by atoms with van der Waals surface area (Å²) in [6, 6.07) is 11.4. The van der Waals surface area contributed by atoms with Crippen molar-refractivity contribution < 1.29 is 19.0 Å². The fraction of sp³-hybridized carbons (Fsp3) is 0.435. The average Bonchev–Trinajstić information content (AvgIpc) is 3.30. The van der Waals surface area contributed by atoms with Gasteiger partial charge in [0.25, 0.3) is 5.91 Å². The number of methoxy groups -OCH3 is 2. The number of ether oxygens (including phenoxy) is 3. The monoisotopic (exact) mass is 432 g/mol. The largest absolute Gasteiger partial charge is 0.497 e. The second-order valence-corrected chi connectivity index (χ2v) is 7.57. The fourth-order valence-electron chi connectivity index (χ4n) is 3.76. The van der Waals surface area contributed by atoms with Crippen LogP contribution in [-0.4, -0.2) is 51.3 Å². The first-order chi connectivity index (χ1) is 14.6. The summed E-state index contributed by atoms with van der Waals surface area (Å²) in [5.41, 5.74) is 1.59. The molecule has 0 radical (unpaired) electrons. The summed E-state index contributed by atoms with van der Waals surface area (Å²) >= 11 is 6.32. The molecule has 1 N–H and O–H groups in total. The maximum atomic E-state index is 12.9. The van der Waals surface area contributed by atoms with Gasteiger partial charge >= 0.3 is 0 Å². The molecule has 1 unspecified atom stereocenters. The number of halogens is 1. The molecule has 0 aliphatic carbocycles. The molecule has 1 heterocycles. The second kappa shape index (κ2) is 10.5. The lowest BCUT2D eigenvalue weighted by molar-refractivity contribution is 0.0937. The summed E-state index contributed by atoms with van der Waals surface area (Å²) in [6.45, 7) is 4.87. The quantitative estimate of drug-likeness (QED) is 0.639. The zero-order valence-electron chi connectivity index (χ0n) is 17.7. The van der Waals surface area contributed by atoms with Crippen molar-refractivity contribution in [3.05, 3.63) is 52.5 Å². The molecule has 3 rings (SSSR count). The van der Waals surface area contributed by atoms with Crippen LogP contribution in [0.1, 0.15) is 41.7 Å². The zero-order valence-corrected chi connectivity index (χ0v) is 18.5. The van der Waals surface area contributed by atoms with Crippen molar-refractivity contribution in [2.24, 2.45) is 0 Å². The van der Waals surface area contributed by atoms with Crippen molar-refractivity contribution >= 4 is 17.5 Å². The Kier molecular flexibility index (Phi) is 7.82. The third kappa shape index (κ3) is 5.18. The highest BCUT2D eigenvalue weighted by molar-refractivity contribution is 6.32. The van der Waals surface area contributed by atoms with Gasteiger partial charge in [-0.3, -0.25) is 9.69 Å². The minimum absolute atomic E-state index is 0.0995. The van der Waals surface area contributed by atoms with E-state index in [4.69, 9.17) is 25.8 Å². The Hall–Kier alpha value is -2.44. The summed E-state index contributed by atoms with van der Waals surface area (Å²) in [5, 5.41) is 3.42. The molecule has 30 heavy (non-hydrogen) atoms. The molecule has 0 bridgehead atoms. The van der Waals surface area contributed by atoms with Crippen LogP contribution in [0.5, 0.6) is 17.2 Å². The first kappa shape index (κ1) is 22.2. The number of hydrogen-bond acceptors (Lipinski definition) is 5. The highest BCUT2D eigenvalue weighted by Gasteiger charge is 2.24. The van der Waals surface area contributed by atoms with Crippen LogP contribution in [0.4, 0.5) is 0 Å². The molecule has 162 valence electrons. The summed E-state index contributed by atoms with van der Waals surface area (Å²) in [5.74, 6) is 1.52. The average molecular weight is 433 g/mol. The van der Waals surface area contributed by atoms with Crippen LogP contribution in [0.25, 0.3) is 0 Å². The van der Waals surface area contributed by atoms with E-state index in [1.807, 2.05) is 19.1 Å². The Morgan fingerprint density at radius 2 is 1.83 bits per heavy atom. The molecule has 1 fully saturated rings. The number of carbonyl (C=O) groups is 1. The van der Waals surface area contributed by atoms with Gasteiger partial charge in [0.2, 0.25) is 0 Å². The Morgan fingerprint density at radius 3 is 2.43 bits per heavy atom. The summed E-state index contributed by atoms with van der Waals surface area (Å²) in [7, 11) is 3.19. The molecule has 0 spiro atoms. The minimum Gasteiger partial charge on any atom is -0.497 e. The van der Waals surface area contributed by atoms with E-state index in [2.05, 4.69) is 22.3 Å². The van der Waals surface area contributed by atoms with Crippen molar-refractivity contribution in [2.45, 2.75) is 25.8 Å². The van der Waals surface area contributed by atoms with Gasteiger partial charge in [-0.1, -0.05) is 23.7 Å². The van der Waals surface area contributed by atoms with Crippen LogP contribution in [0, 0.1) is 0 Å². The molecule has 0 aromatic heterocycles. The third-order valence-corrected chi connectivity index (χ3v) is 5.60. The molecule has 1 aliphatic rings. The van der Waals surface area contributed by atoms with Gasteiger partial charge in [-0.2, -0.15) is 0 Å². The van der Waals surface area contributed by atoms with Gasteiger partial charge in [0.15, 0.2) is 11.5 Å². The summed E-state index contributed by atoms with van der Waals surface area (Å²) < 4.78 is 16.2. The van der Waals surface area contributed by atoms with Crippen LogP contribution in [0.3, 0.4) is 0 Å². The number of amides is 1. The highest BCUT2D eigenvalue weighted by Crippen LogP contribution is 2.36. The lowest BCUT2D eigenvalue weighted by Gasteiger charge is -2.28. The van der Waals surface area contributed by atoms with E-state index in [9.17, 15) is 4.79 Å². The van der Waals surface area contributed by atoms with Gasteiger partial charge in [0.05, 0.1) is 31.9 Å². The molecule has 1 saturated heterocycles. The number of likely N-dealkylation sites (tertiary alicyclic amines) is 1. The van der Waals surface area contributed by atoms with Crippen molar-refractivity contribution in [1.29, 1.82) is 0 Å². The van der Waals surface area contributed by atoms with Gasteiger partial charge in [0.1, 0.15) is 5.75 Å². The Labute approximate surface area is 183 Å². The first-order valence-corrected chi connectivity index (χ1v) is 10.6. The van der Waals surface area contributed by atoms with E-state index < -0.39 is 0 Å². The standard InChI is InChI=1S/C23H29ClN2O4/c1-4-30-22-19(24)13-17(14-21(22)29-3)23(27)25-15-20(26-11-5-6-12-26)16-7-9-18(28-2)10-8-16/h7-10,13-14,20H,4-6,11-12,15H2,1-3H3,(H,25,27). The predicted octanol–water partition coefficient (Wildman–Crippen LogP) is 4.32. The van der Waals surface area contributed by atoms with E-state index in [-0.39, 0.29) is 11.9 Å². The van der Waals surface area contributed by atoms with Crippen LogP contribution < -0.4 is 19.5 Å². The van der Waals surface area contributed by atoms with E-state index in [1.165, 1.54) is 20.0 Å². The highest BCUT2D eigenvalue weighted by atomic mass is 35.5. The van der Waals surface area contributed by atoms with Gasteiger partial charge in [-0.15, -0.1) is 0 Å². The second-order valence-electron chi connectivity index (χ2n) is 7.16. The first-order valence-electron chi connectivity index (χ1n) is 10.2. The molecule has 2 aromatic rings. The Morgan fingerprint density at radius 1 is 1.13 bits per heavy atom. The zero-order chi connectivity index (χ0) is 21.5. The molecule has 2 aromatic carbocycles. The van der Waals surface area contributed by atoms with Gasteiger partial charge in [-0.05, 0) is 62.7 Å². The Bertz CT molecular complexity index is 851. The molecule has 1 atom stereocenters. The predicted molar refractivity (Wildman–Crippen MR) is 118 cm³/mol. The SMILES string of the molecule is CCOc1c(Cl)cc(C(=O)NCC(c2ccc(OC)cc2)N2CCCC2)cc1OC. The molecule has 1 amide bonds. The van der Waals surface area contributed by atoms with Crippen molar-refractivity contribution in [1.82, 2.24) is 10.2 Å². The molecular formula is C23H29ClN2O4. The van der Waals surface area contributed by atoms with Gasteiger partial charge in [0, 0.05) is 12.1 Å². The number of nitrogens with zero attached hydrogens (tertiary/aromatic N) is 1. The lowest BCUT2D eigenvalue weighted by Crippen LogP contribution is -2.36. The molecular weight excluding hydrogens is 404 g/mol. The number of benzene rings is 2. The molecule has 0 saturated carbocycles. The van der Waals surface area contributed by atoms with E-state index >= 15 is 0 Å². The number of nitrogens with one attached hydrogen (secondary N) is 1. The normalized spacial score (nSPS) is 14.9. The van der Waals surface area contributed by atoms with Crippen molar-refractivity contribution in [3.8, 4) is 17.2 Å². The van der Waals surface area contributed by atoms with E-state index in [1.54, 1.807) is 19.2 Å². The Balaban J connectivity index is 1.76. The summed E-state index contributed by atoms with van der Waals surface area (Å²) in [6.07, 6.45) is 2.35. The molecule has 1 aliphatic heterocycles. The fourth-order valence-corrected chi connectivity index (χ4v) is 4.03. The third-order valence-electron chi connectivity index (χ3n) is 5.32. The van der Waals surface area contributed by atoms with Crippen molar-refractivity contribution in [3.63, 3.8) is 0 Å². The van der Waals surface area contributed by atoms with Crippen LogP contribution in [0.15, 0.2) is 36.4 Å². The van der Waals surface area contributed by atoms with Gasteiger partial charge in [-0.25, -0.2) is 0 Å². The number of carbonyl (C=O) groups excluding carboxylic acids is 1. The van der Waals surface area contributed by atoms with Crippen molar-refractivity contribution in [2.75, 3.05) is 40.5 Å². The van der Waals surface area contributed by atoms with E-state index in [0.717, 1.165) is 24.4 Å². The van der Waals surface area contributed by atoms with Crippen LogP contribution >= 0.6 is 11.6 Å². The topological polar surface area (TPSA) is 60.0 Å². The number of rotatable bonds is 9. The van der Waals surface area contributed by atoms with E-state index in [0.29, 0.717) is 35.2 Å². The van der Waals surface area contributed by atoms with Crippen LogP contribution in [-0.2, 0) is 0 Å². The summed E-state index contributed by atoms with van der Waals surface area (Å²) in [4.78, 5) is 15.3.